The zero-order valence-corrected chi connectivity index (χ0v) is 10.6. The van der Waals surface area contributed by atoms with Crippen molar-refractivity contribution < 1.29 is 32.2 Å². The average Bonchev–Trinajstić information content (AvgIpc) is 2.36. The Kier molecular flexibility index (Phi) is 5.29. The first-order chi connectivity index (χ1) is 9.26. The van der Waals surface area contributed by atoms with E-state index in [2.05, 4.69) is 9.72 Å². The molecule has 0 atom stereocenters. The van der Waals surface area contributed by atoms with Gasteiger partial charge in [0.25, 0.3) is 0 Å². The minimum absolute atomic E-state index is 0.196. The summed E-state index contributed by atoms with van der Waals surface area (Å²) in [6, 6.07) is 2.20. The molecule has 0 amide bonds. The number of aromatic carboxylic acids is 1. The minimum Gasteiger partial charge on any atom is -0.478 e. The van der Waals surface area contributed by atoms with Crippen LogP contribution in [-0.4, -0.2) is 35.0 Å². The van der Waals surface area contributed by atoms with Crippen molar-refractivity contribution >= 4 is 5.97 Å². The maximum atomic E-state index is 12.7. The van der Waals surface area contributed by atoms with Crippen LogP contribution >= 0.6 is 0 Å². The largest absolute Gasteiger partial charge is 0.478 e. The van der Waals surface area contributed by atoms with Crippen LogP contribution in [-0.2, 0) is 6.42 Å². The van der Waals surface area contributed by atoms with E-state index in [0.29, 0.717) is 18.5 Å². The molecule has 1 rings (SSSR count). The first-order valence-electron chi connectivity index (χ1n) is 5.79. The van der Waals surface area contributed by atoms with Crippen molar-refractivity contribution in [3.8, 4) is 5.88 Å². The number of alkyl halides is 4. The number of pyridine rings is 1. The molecule has 0 aliphatic rings. The van der Waals surface area contributed by atoms with E-state index in [1.54, 1.807) is 0 Å². The second-order valence-electron chi connectivity index (χ2n) is 4.09. The number of carboxylic acids is 1. The van der Waals surface area contributed by atoms with Crippen LogP contribution in [0.3, 0.4) is 0 Å². The van der Waals surface area contributed by atoms with Crippen molar-refractivity contribution in [2.45, 2.75) is 32.1 Å². The molecule has 0 radical (unpaired) electrons. The highest BCUT2D eigenvalue weighted by atomic mass is 19.3. The van der Waals surface area contributed by atoms with E-state index >= 15 is 0 Å². The number of hydrogen-bond acceptors (Lipinski definition) is 3. The van der Waals surface area contributed by atoms with Gasteiger partial charge in [-0.25, -0.2) is 18.6 Å². The number of rotatable bonds is 7. The van der Waals surface area contributed by atoms with Gasteiger partial charge in [-0.3, -0.25) is 0 Å². The number of aromatic nitrogens is 1. The average molecular weight is 295 g/mol. The van der Waals surface area contributed by atoms with Crippen LogP contribution in [0.15, 0.2) is 12.1 Å². The van der Waals surface area contributed by atoms with Crippen molar-refractivity contribution in [1.82, 2.24) is 4.98 Å². The van der Waals surface area contributed by atoms with Crippen molar-refractivity contribution in [3.63, 3.8) is 0 Å². The highest BCUT2D eigenvalue weighted by molar-refractivity contribution is 5.88. The van der Waals surface area contributed by atoms with Gasteiger partial charge in [0.1, 0.15) is 0 Å². The Morgan fingerprint density at radius 3 is 2.60 bits per heavy atom. The van der Waals surface area contributed by atoms with E-state index in [-0.39, 0.29) is 5.56 Å². The lowest BCUT2D eigenvalue weighted by Crippen LogP contribution is -2.34. The SMILES string of the molecule is CCCc1cc(C(=O)O)cc(OCC(F)(F)C(F)F)n1. The summed E-state index contributed by atoms with van der Waals surface area (Å²) in [7, 11) is 0. The van der Waals surface area contributed by atoms with Crippen LogP contribution in [0.4, 0.5) is 17.6 Å². The number of ether oxygens (including phenoxy) is 1. The van der Waals surface area contributed by atoms with Crippen molar-refractivity contribution in [1.29, 1.82) is 0 Å². The molecule has 0 saturated heterocycles. The molecule has 1 N–H and O–H groups in total. The number of carbonyl (C=O) groups is 1. The topological polar surface area (TPSA) is 59.4 Å². The Morgan fingerprint density at radius 1 is 1.45 bits per heavy atom. The van der Waals surface area contributed by atoms with E-state index < -0.39 is 30.8 Å². The molecule has 4 nitrogen and oxygen atoms in total. The van der Waals surface area contributed by atoms with Gasteiger partial charge < -0.3 is 9.84 Å². The molecule has 0 spiro atoms. The monoisotopic (exact) mass is 295 g/mol. The molecule has 1 aromatic heterocycles. The summed E-state index contributed by atoms with van der Waals surface area (Å²) in [6.45, 7) is 0.257. The maximum Gasteiger partial charge on any atom is 0.340 e. The van der Waals surface area contributed by atoms with Gasteiger partial charge in [0.2, 0.25) is 5.88 Å². The van der Waals surface area contributed by atoms with E-state index in [1.165, 1.54) is 6.07 Å². The number of hydrogen-bond donors (Lipinski definition) is 1. The van der Waals surface area contributed by atoms with Gasteiger partial charge >= 0.3 is 18.3 Å². The third kappa shape index (κ3) is 4.36. The van der Waals surface area contributed by atoms with Crippen molar-refractivity contribution in [2.75, 3.05) is 6.61 Å². The van der Waals surface area contributed by atoms with Crippen molar-refractivity contribution in [2.24, 2.45) is 0 Å². The van der Waals surface area contributed by atoms with Gasteiger partial charge in [0.05, 0.1) is 5.56 Å². The Hall–Kier alpha value is -1.86. The summed E-state index contributed by atoms with van der Waals surface area (Å²) in [6.07, 6.45) is -2.79. The second-order valence-corrected chi connectivity index (χ2v) is 4.09. The summed E-state index contributed by atoms with van der Waals surface area (Å²) in [5, 5.41) is 8.87. The van der Waals surface area contributed by atoms with Gasteiger partial charge in [-0.15, -0.1) is 0 Å². The lowest BCUT2D eigenvalue weighted by molar-refractivity contribution is -0.148. The van der Waals surface area contributed by atoms with Crippen LogP contribution in [0.2, 0.25) is 0 Å². The fourth-order valence-electron chi connectivity index (χ4n) is 1.38. The molecule has 0 unspecified atom stereocenters. The van der Waals surface area contributed by atoms with Crippen LogP contribution in [0.5, 0.6) is 5.88 Å². The van der Waals surface area contributed by atoms with Gasteiger partial charge in [0, 0.05) is 11.8 Å². The fraction of sp³-hybridized carbons (Fsp3) is 0.500. The zero-order chi connectivity index (χ0) is 15.3. The summed E-state index contributed by atoms with van der Waals surface area (Å²) in [4.78, 5) is 14.7. The first kappa shape index (κ1) is 16.2. The van der Waals surface area contributed by atoms with E-state index in [4.69, 9.17) is 5.11 Å². The van der Waals surface area contributed by atoms with Crippen LogP contribution < -0.4 is 4.74 Å². The van der Waals surface area contributed by atoms with Gasteiger partial charge in [0.15, 0.2) is 6.61 Å². The van der Waals surface area contributed by atoms with Gasteiger partial charge in [-0.05, 0) is 12.5 Å². The second kappa shape index (κ2) is 6.53. The standard InChI is InChI=1S/C12H13F4NO3/c1-2-3-8-4-7(10(18)19)5-9(17-8)20-6-12(15,16)11(13)14/h4-5,11H,2-3,6H2,1H3,(H,18,19). The Labute approximate surface area is 112 Å². The molecule has 0 bridgehead atoms. The molecule has 1 aromatic rings. The molecule has 8 heteroatoms. The first-order valence-corrected chi connectivity index (χ1v) is 5.79. The van der Waals surface area contributed by atoms with E-state index in [1.807, 2.05) is 6.92 Å². The molecule has 0 aliphatic heterocycles. The summed E-state index contributed by atoms with van der Waals surface area (Å²) >= 11 is 0. The summed E-state index contributed by atoms with van der Waals surface area (Å²) < 4.78 is 53.9. The number of aryl methyl sites for hydroxylation is 1. The number of halogens is 4. The quantitative estimate of drug-likeness (QED) is 0.786. The summed E-state index contributed by atoms with van der Waals surface area (Å²) in [5.74, 6) is -6.00. The molecule has 0 fully saturated rings. The minimum atomic E-state index is -4.31. The van der Waals surface area contributed by atoms with Gasteiger partial charge in [-0.1, -0.05) is 13.3 Å². The van der Waals surface area contributed by atoms with Crippen LogP contribution in [0, 0.1) is 0 Å². The lowest BCUT2D eigenvalue weighted by Gasteiger charge is -2.16. The number of nitrogens with zero attached hydrogens (tertiary/aromatic N) is 1. The molecule has 0 aromatic carbocycles. The molecular weight excluding hydrogens is 282 g/mol. The molecule has 20 heavy (non-hydrogen) atoms. The van der Waals surface area contributed by atoms with Crippen LogP contribution in [0.1, 0.15) is 29.4 Å². The Balaban J connectivity index is 2.91. The highest BCUT2D eigenvalue weighted by Gasteiger charge is 2.41. The van der Waals surface area contributed by atoms with Gasteiger partial charge in [-0.2, -0.15) is 8.78 Å². The molecule has 1 heterocycles. The third-order valence-electron chi connectivity index (χ3n) is 2.34. The number of carboxylic acid groups (broad SMARTS) is 1. The van der Waals surface area contributed by atoms with Crippen molar-refractivity contribution in [3.05, 3.63) is 23.4 Å². The van der Waals surface area contributed by atoms with Crippen LogP contribution in [0.25, 0.3) is 0 Å². The van der Waals surface area contributed by atoms with E-state index in [9.17, 15) is 22.4 Å². The molecule has 112 valence electrons. The van der Waals surface area contributed by atoms with E-state index in [0.717, 1.165) is 6.07 Å². The normalized spacial score (nSPS) is 11.7. The molecule has 0 saturated carbocycles. The predicted molar refractivity (Wildman–Crippen MR) is 61.6 cm³/mol. The fourth-order valence-corrected chi connectivity index (χ4v) is 1.38. The smallest absolute Gasteiger partial charge is 0.340 e. The Morgan fingerprint density at radius 2 is 2.10 bits per heavy atom. The third-order valence-corrected chi connectivity index (χ3v) is 2.34. The predicted octanol–water partition coefficient (Wildman–Crippen LogP) is 3.01. The molecular formula is C12H13F4NO3. The zero-order valence-electron chi connectivity index (χ0n) is 10.6. The lowest BCUT2D eigenvalue weighted by atomic mass is 10.1. The Bertz CT molecular complexity index is 480. The maximum absolute atomic E-state index is 12.7. The summed E-state index contributed by atoms with van der Waals surface area (Å²) in [5.41, 5.74) is 0.140. The molecule has 0 aliphatic carbocycles. The highest BCUT2D eigenvalue weighted by Crippen LogP contribution is 2.24.